The van der Waals surface area contributed by atoms with Gasteiger partial charge in [-0.2, -0.15) is 0 Å². The van der Waals surface area contributed by atoms with Crippen molar-refractivity contribution >= 4 is 27.5 Å². The number of piperidine rings is 1. The number of methoxy groups -OCH3 is 2. The number of rotatable bonds is 10. The van der Waals surface area contributed by atoms with Crippen LogP contribution in [0.3, 0.4) is 0 Å². The molecule has 0 aromatic heterocycles. The molecule has 2 N–H and O–H groups in total. The number of anilines is 1. The summed E-state index contributed by atoms with van der Waals surface area (Å²) in [6.07, 6.45) is 2.18. The van der Waals surface area contributed by atoms with Crippen molar-refractivity contribution in [1.29, 1.82) is 0 Å². The van der Waals surface area contributed by atoms with Crippen LogP contribution < -0.4 is 14.8 Å². The Morgan fingerprint density at radius 1 is 1.12 bits per heavy atom. The van der Waals surface area contributed by atoms with Crippen LogP contribution >= 0.6 is 0 Å². The van der Waals surface area contributed by atoms with Crippen LogP contribution in [0.4, 0.5) is 5.69 Å². The lowest BCUT2D eigenvalue weighted by molar-refractivity contribution is -0.126. The maximum atomic E-state index is 13.1. The number of carbonyl (C=O) groups excluding carboxylic acids is 2. The molecule has 1 aliphatic heterocycles. The molecule has 34 heavy (non-hydrogen) atoms. The predicted octanol–water partition coefficient (Wildman–Crippen LogP) is 2.50. The number of carbonyl (C=O) groups is 2. The zero-order valence-electron chi connectivity index (χ0n) is 19.5. The maximum Gasteiger partial charge on any atom is 0.262 e. The zero-order valence-corrected chi connectivity index (χ0v) is 20.3. The normalized spacial score (nSPS) is 16.1. The van der Waals surface area contributed by atoms with Crippen molar-refractivity contribution in [2.45, 2.75) is 24.2 Å². The maximum absolute atomic E-state index is 13.1. The number of likely N-dealkylation sites (tertiary alicyclic amines) is 1. The van der Waals surface area contributed by atoms with Crippen LogP contribution in [-0.4, -0.2) is 65.6 Å². The minimum atomic E-state index is -3.86. The Balaban J connectivity index is 1.66. The number of ether oxygens (including phenoxy) is 2. The van der Waals surface area contributed by atoms with Gasteiger partial charge in [0.2, 0.25) is 5.91 Å². The molecule has 0 radical (unpaired) electrons. The summed E-state index contributed by atoms with van der Waals surface area (Å²) in [7, 11) is -0.784. The van der Waals surface area contributed by atoms with Gasteiger partial charge in [-0.1, -0.05) is 12.1 Å². The Bertz CT molecular complexity index is 1110. The molecular weight excluding hydrogens is 458 g/mol. The number of amides is 2. The molecule has 1 heterocycles. The standard InChI is InChI=1S/C24H31N3O6S/c1-32-14-6-12-25-23(28)19-8-5-13-27(17-19)24(29)18-7-3-9-20(15-18)26-34(30,31)22-11-4-10-21(16-22)33-2/h3-4,7,9-11,15-16,19,26H,5-6,8,12-14,17H2,1-2H3,(H,25,28). The highest BCUT2D eigenvalue weighted by Gasteiger charge is 2.29. The Kier molecular flexibility index (Phi) is 8.89. The highest BCUT2D eigenvalue weighted by Crippen LogP contribution is 2.23. The fourth-order valence-electron chi connectivity index (χ4n) is 3.83. The molecule has 2 aromatic rings. The van der Waals surface area contributed by atoms with E-state index in [1.54, 1.807) is 42.3 Å². The summed E-state index contributed by atoms with van der Waals surface area (Å²) in [4.78, 5) is 27.3. The van der Waals surface area contributed by atoms with E-state index < -0.39 is 10.0 Å². The van der Waals surface area contributed by atoms with Gasteiger partial charge >= 0.3 is 0 Å². The van der Waals surface area contributed by atoms with Crippen LogP contribution in [0.15, 0.2) is 53.4 Å². The largest absolute Gasteiger partial charge is 0.497 e. The fraction of sp³-hybridized carbons (Fsp3) is 0.417. The fourth-order valence-corrected chi connectivity index (χ4v) is 4.91. The van der Waals surface area contributed by atoms with E-state index in [2.05, 4.69) is 10.0 Å². The van der Waals surface area contributed by atoms with Gasteiger partial charge in [-0.3, -0.25) is 14.3 Å². The molecule has 2 aromatic carbocycles. The van der Waals surface area contributed by atoms with Crippen molar-refractivity contribution in [3.63, 3.8) is 0 Å². The summed E-state index contributed by atoms with van der Waals surface area (Å²) in [5.74, 6) is -0.142. The highest BCUT2D eigenvalue weighted by atomic mass is 32.2. The van der Waals surface area contributed by atoms with Gasteiger partial charge in [0.15, 0.2) is 0 Å². The number of nitrogens with zero attached hydrogens (tertiary/aromatic N) is 1. The van der Waals surface area contributed by atoms with Gasteiger partial charge in [0, 0.05) is 50.7 Å². The van der Waals surface area contributed by atoms with Gasteiger partial charge in [0.1, 0.15) is 5.75 Å². The summed E-state index contributed by atoms with van der Waals surface area (Å²) in [6.45, 7) is 1.99. The summed E-state index contributed by atoms with van der Waals surface area (Å²) < 4.78 is 38.2. The van der Waals surface area contributed by atoms with Gasteiger partial charge in [-0.25, -0.2) is 8.42 Å². The Hall–Kier alpha value is -3.11. The van der Waals surface area contributed by atoms with Crippen LogP contribution in [0.1, 0.15) is 29.6 Å². The second-order valence-corrected chi connectivity index (χ2v) is 9.78. The molecule has 1 unspecified atom stereocenters. The lowest BCUT2D eigenvalue weighted by atomic mass is 9.96. The average Bonchev–Trinajstić information content (AvgIpc) is 2.86. The molecule has 0 bridgehead atoms. The molecule has 0 aliphatic carbocycles. The lowest BCUT2D eigenvalue weighted by Crippen LogP contribution is -2.45. The minimum absolute atomic E-state index is 0.0546. The number of hydrogen-bond donors (Lipinski definition) is 2. The second kappa shape index (κ2) is 11.8. The number of sulfonamides is 1. The highest BCUT2D eigenvalue weighted by molar-refractivity contribution is 7.92. The topological polar surface area (TPSA) is 114 Å². The Morgan fingerprint density at radius 3 is 2.68 bits per heavy atom. The quantitative estimate of drug-likeness (QED) is 0.496. The number of hydrogen-bond acceptors (Lipinski definition) is 6. The van der Waals surface area contributed by atoms with E-state index in [4.69, 9.17) is 9.47 Å². The first-order valence-electron chi connectivity index (χ1n) is 11.2. The molecular formula is C24H31N3O6S. The van der Waals surface area contributed by atoms with Gasteiger partial charge in [0.05, 0.1) is 17.9 Å². The van der Waals surface area contributed by atoms with Gasteiger partial charge < -0.3 is 19.7 Å². The molecule has 1 saturated heterocycles. The molecule has 1 atom stereocenters. The van der Waals surface area contributed by atoms with Crippen molar-refractivity contribution in [1.82, 2.24) is 10.2 Å². The Labute approximate surface area is 200 Å². The third-order valence-electron chi connectivity index (χ3n) is 5.62. The molecule has 9 nitrogen and oxygen atoms in total. The van der Waals surface area contributed by atoms with E-state index >= 15 is 0 Å². The van der Waals surface area contributed by atoms with Crippen molar-refractivity contribution in [2.24, 2.45) is 5.92 Å². The Morgan fingerprint density at radius 2 is 1.91 bits per heavy atom. The van der Waals surface area contributed by atoms with Crippen LogP contribution in [0.25, 0.3) is 0 Å². The molecule has 184 valence electrons. The number of nitrogens with one attached hydrogen (secondary N) is 2. The third kappa shape index (κ3) is 6.71. The predicted molar refractivity (Wildman–Crippen MR) is 128 cm³/mol. The van der Waals surface area contributed by atoms with Crippen LogP contribution in [-0.2, 0) is 19.6 Å². The third-order valence-corrected chi connectivity index (χ3v) is 7.00. The van der Waals surface area contributed by atoms with E-state index in [0.29, 0.717) is 37.6 Å². The second-order valence-electron chi connectivity index (χ2n) is 8.09. The summed E-state index contributed by atoms with van der Waals surface area (Å²) >= 11 is 0. The van der Waals surface area contributed by atoms with E-state index in [9.17, 15) is 18.0 Å². The average molecular weight is 490 g/mol. The van der Waals surface area contributed by atoms with Gasteiger partial charge in [0.25, 0.3) is 15.9 Å². The van der Waals surface area contributed by atoms with Gasteiger partial charge in [-0.05, 0) is 49.6 Å². The summed E-state index contributed by atoms with van der Waals surface area (Å²) in [5.41, 5.74) is 0.630. The van der Waals surface area contributed by atoms with E-state index in [1.807, 2.05) is 0 Å². The van der Waals surface area contributed by atoms with Crippen molar-refractivity contribution in [3.8, 4) is 5.75 Å². The summed E-state index contributed by atoms with van der Waals surface area (Å²) in [6, 6.07) is 12.5. The first kappa shape index (κ1) is 25.5. The van der Waals surface area contributed by atoms with Crippen molar-refractivity contribution < 1.29 is 27.5 Å². The molecule has 1 fully saturated rings. The SMILES string of the molecule is COCCCNC(=O)C1CCCN(C(=O)c2cccc(NS(=O)(=O)c3cccc(OC)c3)c2)C1. The van der Waals surface area contributed by atoms with Gasteiger partial charge in [-0.15, -0.1) is 0 Å². The molecule has 2 amide bonds. The van der Waals surface area contributed by atoms with Crippen molar-refractivity contribution in [2.75, 3.05) is 45.2 Å². The molecule has 0 spiro atoms. The molecule has 3 rings (SSSR count). The first-order valence-corrected chi connectivity index (χ1v) is 12.6. The summed E-state index contributed by atoms with van der Waals surface area (Å²) in [5, 5.41) is 2.90. The zero-order chi connectivity index (χ0) is 24.6. The first-order chi connectivity index (χ1) is 16.3. The van der Waals surface area contributed by atoms with E-state index in [1.165, 1.54) is 25.3 Å². The number of benzene rings is 2. The molecule has 10 heteroatoms. The molecule has 0 saturated carbocycles. The molecule has 1 aliphatic rings. The van der Waals surface area contributed by atoms with Crippen LogP contribution in [0.2, 0.25) is 0 Å². The van der Waals surface area contributed by atoms with E-state index in [-0.39, 0.29) is 28.3 Å². The lowest BCUT2D eigenvalue weighted by Gasteiger charge is -2.32. The van der Waals surface area contributed by atoms with Crippen LogP contribution in [0, 0.1) is 5.92 Å². The van der Waals surface area contributed by atoms with Crippen molar-refractivity contribution in [3.05, 3.63) is 54.1 Å². The van der Waals surface area contributed by atoms with E-state index in [0.717, 1.165) is 19.3 Å². The smallest absolute Gasteiger partial charge is 0.262 e. The van der Waals surface area contributed by atoms with Crippen LogP contribution in [0.5, 0.6) is 5.75 Å². The monoisotopic (exact) mass is 489 g/mol. The minimum Gasteiger partial charge on any atom is -0.497 e.